The van der Waals surface area contributed by atoms with Gasteiger partial charge in [-0.15, -0.1) is 0 Å². The lowest BCUT2D eigenvalue weighted by Crippen LogP contribution is -2.27. The molecule has 178 valence electrons. The second-order valence-corrected chi connectivity index (χ2v) is 8.86. The van der Waals surface area contributed by atoms with Crippen molar-refractivity contribution in [2.24, 2.45) is 0 Å². The molecule has 0 saturated carbocycles. The molecule has 0 aromatic heterocycles. The molecule has 0 unspecified atom stereocenters. The lowest BCUT2D eigenvalue weighted by atomic mass is 10.1. The molecule has 35 heavy (non-hydrogen) atoms. The number of nitrogens with one attached hydrogen (secondary N) is 1. The fraction of sp³-hybridized carbons (Fsp3) is 0.148. The minimum absolute atomic E-state index is 0.192. The van der Waals surface area contributed by atoms with E-state index in [2.05, 4.69) is 5.32 Å². The maximum Gasteiger partial charge on any atom is 0.293 e. The third-order valence-corrected chi connectivity index (χ3v) is 6.11. The van der Waals surface area contributed by atoms with Gasteiger partial charge in [-0.25, -0.2) is 0 Å². The highest BCUT2D eigenvalue weighted by Crippen LogP contribution is 2.35. The predicted molar refractivity (Wildman–Crippen MR) is 136 cm³/mol. The summed E-state index contributed by atoms with van der Waals surface area (Å²) in [6.45, 7) is 1.98. The van der Waals surface area contributed by atoms with Crippen LogP contribution >= 0.6 is 11.8 Å². The van der Waals surface area contributed by atoms with E-state index in [4.69, 9.17) is 9.47 Å². The molecule has 0 atom stereocenters. The van der Waals surface area contributed by atoms with Gasteiger partial charge in [0.2, 0.25) is 0 Å². The molecule has 1 aliphatic heterocycles. The Morgan fingerprint density at radius 1 is 1.00 bits per heavy atom. The van der Waals surface area contributed by atoms with Crippen LogP contribution in [0.1, 0.15) is 16.7 Å². The number of hydrogen-bond donors (Lipinski definition) is 1. The third-order valence-electron chi connectivity index (χ3n) is 5.20. The number of anilines is 1. The highest BCUT2D eigenvalue weighted by Gasteiger charge is 2.35. The Labute approximate surface area is 207 Å². The largest absolute Gasteiger partial charge is 0.493 e. The first-order valence-corrected chi connectivity index (χ1v) is 11.7. The molecule has 1 aliphatic rings. The molecule has 7 nitrogen and oxygen atoms in total. The number of imide groups is 1. The Balaban J connectivity index is 1.41. The molecule has 0 spiro atoms. The van der Waals surface area contributed by atoms with Gasteiger partial charge in [-0.3, -0.25) is 19.3 Å². The van der Waals surface area contributed by atoms with Gasteiger partial charge in [0, 0.05) is 5.69 Å². The Kier molecular flexibility index (Phi) is 7.52. The zero-order valence-corrected chi connectivity index (χ0v) is 20.1. The average Bonchev–Trinajstić information content (AvgIpc) is 3.11. The number of nitrogens with zero attached hydrogens (tertiary/aromatic N) is 1. The van der Waals surface area contributed by atoms with Crippen molar-refractivity contribution in [3.05, 3.63) is 94.4 Å². The molecular formula is C27H24N2O5S. The number of carbonyl (C=O) groups is 3. The topological polar surface area (TPSA) is 84.9 Å². The van der Waals surface area contributed by atoms with E-state index in [1.807, 2.05) is 61.5 Å². The van der Waals surface area contributed by atoms with E-state index in [0.29, 0.717) is 27.7 Å². The van der Waals surface area contributed by atoms with Gasteiger partial charge in [-0.2, -0.15) is 0 Å². The summed E-state index contributed by atoms with van der Waals surface area (Å²) in [4.78, 5) is 39.0. The van der Waals surface area contributed by atoms with Crippen molar-refractivity contribution in [3.8, 4) is 11.5 Å². The summed E-state index contributed by atoms with van der Waals surface area (Å²) in [5.41, 5.74) is 3.29. The molecule has 0 radical (unpaired) electrons. The number of methoxy groups -OCH3 is 1. The van der Waals surface area contributed by atoms with Crippen LogP contribution in [0.2, 0.25) is 0 Å². The van der Waals surface area contributed by atoms with Gasteiger partial charge >= 0.3 is 0 Å². The van der Waals surface area contributed by atoms with Gasteiger partial charge in [0.1, 0.15) is 0 Å². The van der Waals surface area contributed by atoms with Crippen LogP contribution in [0.3, 0.4) is 0 Å². The van der Waals surface area contributed by atoms with Crippen molar-refractivity contribution in [1.29, 1.82) is 0 Å². The lowest BCUT2D eigenvalue weighted by Gasteiger charge is -2.12. The van der Waals surface area contributed by atoms with Crippen molar-refractivity contribution < 1.29 is 23.9 Å². The second-order valence-electron chi connectivity index (χ2n) is 7.87. The van der Waals surface area contributed by atoms with Crippen LogP contribution in [0.4, 0.5) is 10.5 Å². The Morgan fingerprint density at radius 3 is 2.54 bits per heavy atom. The average molecular weight is 489 g/mol. The predicted octanol–water partition coefficient (Wildman–Crippen LogP) is 5.26. The van der Waals surface area contributed by atoms with Crippen molar-refractivity contribution in [2.45, 2.75) is 13.5 Å². The van der Waals surface area contributed by atoms with Crippen LogP contribution in [0.5, 0.6) is 11.5 Å². The van der Waals surface area contributed by atoms with E-state index < -0.39 is 0 Å². The molecular weight excluding hydrogens is 464 g/mol. The van der Waals surface area contributed by atoms with E-state index in [1.54, 1.807) is 24.3 Å². The molecule has 0 bridgehead atoms. The Morgan fingerprint density at radius 2 is 1.80 bits per heavy atom. The highest BCUT2D eigenvalue weighted by atomic mass is 32.2. The van der Waals surface area contributed by atoms with Gasteiger partial charge in [-0.1, -0.05) is 48.5 Å². The maximum absolute atomic E-state index is 12.8. The highest BCUT2D eigenvalue weighted by molar-refractivity contribution is 8.18. The number of rotatable bonds is 8. The molecule has 1 N–H and O–H groups in total. The summed E-state index contributed by atoms with van der Waals surface area (Å²) in [7, 11) is 1.49. The molecule has 0 aliphatic carbocycles. The van der Waals surface area contributed by atoms with E-state index >= 15 is 0 Å². The first-order valence-electron chi connectivity index (χ1n) is 10.9. The van der Waals surface area contributed by atoms with Crippen LogP contribution in [-0.2, 0) is 16.1 Å². The Bertz CT molecular complexity index is 1290. The minimum atomic E-state index is -0.337. The molecule has 1 saturated heterocycles. The van der Waals surface area contributed by atoms with Crippen molar-refractivity contribution in [1.82, 2.24) is 4.90 Å². The number of carbonyl (C=O) groups excluding carboxylic acids is 3. The van der Waals surface area contributed by atoms with Crippen molar-refractivity contribution in [2.75, 3.05) is 19.0 Å². The van der Waals surface area contributed by atoms with Crippen LogP contribution < -0.4 is 14.8 Å². The summed E-state index contributed by atoms with van der Waals surface area (Å²) >= 11 is 0.903. The quantitative estimate of drug-likeness (QED) is 0.436. The molecule has 1 heterocycles. The maximum atomic E-state index is 12.8. The number of hydrogen-bond acceptors (Lipinski definition) is 6. The summed E-state index contributed by atoms with van der Waals surface area (Å²) in [5, 5.41) is 2.48. The molecule has 3 aromatic rings. The van der Waals surface area contributed by atoms with Gasteiger partial charge in [-0.05, 0) is 65.7 Å². The molecule has 3 amide bonds. The van der Waals surface area contributed by atoms with E-state index in [0.717, 1.165) is 22.9 Å². The number of benzene rings is 3. The summed E-state index contributed by atoms with van der Waals surface area (Å²) in [6, 6.07) is 21.9. The smallest absolute Gasteiger partial charge is 0.293 e. The first-order chi connectivity index (χ1) is 16.9. The number of ether oxygens (including phenoxy) is 2. The van der Waals surface area contributed by atoms with E-state index in [9.17, 15) is 14.4 Å². The first kappa shape index (κ1) is 24.1. The Hall–Kier alpha value is -4.04. The second kappa shape index (κ2) is 10.9. The normalized spacial score (nSPS) is 14.3. The van der Waals surface area contributed by atoms with Gasteiger partial charge in [0.25, 0.3) is 17.1 Å². The fourth-order valence-corrected chi connectivity index (χ4v) is 4.35. The van der Waals surface area contributed by atoms with Crippen molar-refractivity contribution >= 4 is 40.6 Å². The number of thioether (sulfide) groups is 1. The van der Waals surface area contributed by atoms with Crippen LogP contribution in [0, 0.1) is 6.92 Å². The van der Waals surface area contributed by atoms with Crippen LogP contribution in [0.15, 0.2) is 77.7 Å². The minimum Gasteiger partial charge on any atom is -0.493 e. The molecule has 1 fully saturated rings. The van der Waals surface area contributed by atoms with E-state index in [1.165, 1.54) is 12.0 Å². The fourth-order valence-electron chi connectivity index (χ4n) is 3.51. The molecule has 8 heteroatoms. The lowest BCUT2D eigenvalue weighted by molar-refractivity contribution is -0.123. The zero-order chi connectivity index (χ0) is 24.8. The van der Waals surface area contributed by atoms with Gasteiger partial charge < -0.3 is 14.8 Å². The van der Waals surface area contributed by atoms with Crippen LogP contribution in [0.25, 0.3) is 6.08 Å². The summed E-state index contributed by atoms with van der Waals surface area (Å²) < 4.78 is 11.1. The molecule has 4 rings (SSSR count). The number of amides is 3. The number of aryl methyl sites for hydroxylation is 1. The summed E-state index contributed by atoms with van der Waals surface area (Å²) in [5.74, 6) is 0.164. The van der Waals surface area contributed by atoms with E-state index in [-0.39, 0.29) is 30.2 Å². The van der Waals surface area contributed by atoms with Crippen LogP contribution in [-0.4, -0.2) is 35.7 Å². The molecule has 3 aromatic carbocycles. The third kappa shape index (κ3) is 6.10. The van der Waals surface area contributed by atoms with Gasteiger partial charge in [0.05, 0.1) is 18.6 Å². The van der Waals surface area contributed by atoms with Gasteiger partial charge in [0.15, 0.2) is 18.1 Å². The summed E-state index contributed by atoms with van der Waals surface area (Å²) in [6.07, 6.45) is 1.65. The standard InChI is InChI=1S/C27H24N2O5S/c1-18-7-6-10-21(13-18)28-25(30)17-34-22-12-11-20(14-23(22)33-2)15-24-26(31)29(27(32)35-24)16-19-8-4-3-5-9-19/h3-15H,16-17H2,1-2H3,(H,28,30)/b24-15-. The zero-order valence-electron chi connectivity index (χ0n) is 19.3. The monoisotopic (exact) mass is 488 g/mol. The van der Waals surface area contributed by atoms with Crippen molar-refractivity contribution in [3.63, 3.8) is 0 Å². The SMILES string of the molecule is COc1cc(/C=C2\SC(=O)N(Cc3ccccc3)C2=O)ccc1OCC(=O)Nc1cccc(C)c1.